The molecule has 2 N–H and O–H groups in total. The van der Waals surface area contributed by atoms with Gasteiger partial charge in [-0.2, -0.15) is 0 Å². The van der Waals surface area contributed by atoms with Crippen LogP contribution < -0.4 is 10.6 Å². The van der Waals surface area contributed by atoms with E-state index < -0.39 is 0 Å². The maximum absolute atomic E-state index is 12.0. The number of hydrogen-bond acceptors (Lipinski definition) is 2. The van der Waals surface area contributed by atoms with Crippen molar-refractivity contribution in [2.24, 2.45) is 0 Å². The quantitative estimate of drug-likeness (QED) is 0.605. The van der Waals surface area contributed by atoms with Crippen molar-refractivity contribution in [3.8, 4) is 0 Å². The normalized spacial score (nSPS) is 10.6. The zero-order valence-corrected chi connectivity index (χ0v) is 13.0. The number of benzene rings is 2. The average molecular weight is 337 g/mol. The van der Waals surface area contributed by atoms with Crippen LogP contribution in [0.3, 0.4) is 0 Å². The lowest BCUT2D eigenvalue weighted by Gasteiger charge is -2.06. The number of rotatable bonds is 2. The minimum absolute atomic E-state index is 0.342. The molecule has 0 atom stereocenters. The number of fused-ring (bicyclic) bond motifs is 1. The Bertz CT molecular complexity index is 799. The van der Waals surface area contributed by atoms with E-state index in [1.54, 1.807) is 24.3 Å². The molecule has 2 aromatic carbocycles. The predicted molar refractivity (Wildman–Crippen MR) is 90.9 cm³/mol. The van der Waals surface area contributed by atoms with Crippen LogP contribution in [-0.4, -0.2) is 6.03 Å². The highest BCUT2D eigenvalue weighted by Gasteiger charge is 2.12. The minimum Gasteiger partial charge on any atom is -0.308 e. The van der Waals surface area contributed by atoms with Crippen LogP contribution in [0.15, 0.2) is 48.5 Å². The van der Waals surface area contributed by atoms with Gasteiger partial charge >= 0.3 is 6.03 Å². The molecule has 0 aliphatic rings. The summed E-state index contributed by atoms with van der Waals surface area (Å²) in [5.74, 6) is 0. The zero-order valence-electron chi connectivity index (χ0n) is 10.7. The molecule has 0 fully saturated rings. The van der Waals surface area contributed by atoms with Crippen LogP contribution in [0.2, 0.25) is 10.0 Å². The van der Waals surface area contributed by atoms with Crippen LogP contribution in [0.4, 0.5) is 15.5 Å². The Morgan fingerprint density at radius 3 is 2.38 bits per heavy atom. The summed E-state index contributed by atoms with van der Waals surface area (Å²) in [6, 6.07) is 14.3. The van der Waals surface area contributed by atoms with Gasteiger partial charge in [0.2, 0.25) is 0 Å². The summed E-state index contributed by atoms with van der Waals surface area (Å²) in [7, 11) is 0. The standard InChI is InChI=1S/C15H10Cl2N2OS/c16-9-5-7-10(8-6-9)18-15(20)19-14-13(17)11-3-1-2-4-12(11)21-14/h1-8H,(H2,18,19,20). The molecule has 106 valence electrons. The van der Waals surface area contributed by atoms with E-state index in [2.05, 4.69) is 10.6 Å². The number of halogens is 2. The number of thiophene rings is 1. The van der Waals surface area contributed by atoms with Crippen molar-refractivity contribution in [2.45, 2.75) is 0 Å². The summed E-state index contributed by atoms with van der Waals surface area (Å²) in [6.07, 6.45) is 0. The van der Waals surface area contributed by atoms with Crippen LogP contribution in [-0.2, 0) is 0 Å². The third-order valence-electron chi connectivity index (χ3n) is 2.86. The average Bonchev–Trinajstić information content (AvgIpc) is 2.78. The van der Waals surface area contributed by atoms with E-state index in [9.17, 15) is 4.79 Å². The molecule has 0 aliphatic carbocycles. The summed E-state index contributed by atoms with van der Waals surface area (Å²) >= 11 is 13.5. The van der Waals surface area contributed by atoms with Crippen molar-refractivity contribution >= 4 is 61.3 Å². The third kappa shape index (κ3) is 3.13. The van der Waals surface area contributed by atoms with E-state index in [4.69, 9.17) is 23.2 Å². The molecule has 0 bridgehead atoms. The highest BCUT2D eigenvalue weighted by Crippen LogP contribution is 2.39. The first-order valence-electron chi connectivity index (χ1n) is 6.14. The van der Waals surface area contributed by atoms with E-state index in [-0.39, 0.29) is 6.03 Å². The molecule has 0 aliphatic heterocycles. The first kappa shape index (κ1) is 14.2. The first-order valence-corrected chi connectivity index (χ1v) is 7.71. The molecule has 0 unspecified atom stereocenters. The summed E-state index contributed by atoms with van der Waals surface area (Å²) in [4.78, 5) is 12.0. The zero-order chi connectivity index (χ0) is 14.8. The molecule has 0 saturated carbocycles. The molecule has 0 radical (unpaired) electrons. The van der Waals surface area contributed by atoms with Crippen molar-refractivity contribution in [2.75, 3.05) is 10.6 Å². The molecule has 3 nitrogen and oxygen atoms in total. The van der Waals surface area contributed by atoms with Crippen LogP contribution in [0.5, 0.6) is 0 Å². The predicted octanol–water partition coefficient (Wildman–Crippen LogP) is 5.85. The van der Waals surface area contributed by atoms with Gasteiger partial charge in [0.05, 0.1) is 5.02 Å². The Morgan fingerprint density at radius 2 is 1.67 bits per heavy atom. The van der Waals surface area contributed by atoms with Gasteiger partial charge in [0, 0.05) is 20.8 Å². The van der Waals surface area contributed by atoms with Crippen molar-refractivity contribution in [1.29, 1.82) is 0 Å². The molecule has 3 rings (SSSR count). The van der Waals surface area contributed by atoms with E-state index in [1.807, 2.05) is 24.3 Å². The van der Waals surface area contributed by atoms with E-state index in [0.29, 0.717) is 20.7 Å². The van der Waals surface area contributed by atoms with Gasteiger partial charge in [-0.3, -0.25) is 5.32 Å². The highest BCUT2D eigenvalue weighted by atomic mass is 35.5. The topological polar surface area (TPSA) is 41.1 Å². The monoisotopic (exact) mass is 336 g/mol. The van der Waals surface area contributed by atoms with Gasteiger partial charge < -0.3 is 5.32 Å². The maximum Gasteiger partial charge on any atom is 0.324 e. The smallest absolute Gasteiger partial charge is 0.308 e. The van der Waals surface area contributed by atoms with Gasteiger partial charge in [0.15, 0.2) is 0 Å². The molecular formula is C15H10Cl2N2OS. The molecule has 3 aromatic rings. The summed E-state index contributed by atoms with van der Waals surface area (Å²) in [6.45, 7) is 0. The van der Waals surface area contributed by atoms with Gasteiger partial charge in [-0.05, 0) is 30.3 Å². The highest BCUT2D eigenvalue weighted by molar-refractivity contribution is 7.23. The number of carbonyl (C=O) groups is 1. The lowest BCUT2D eigenvalue weighted by atomic mass is 10.3. The number of anilines is 2. The first-order chi connectivity index (χ1) is 10.1. The van der Waals surface area contributed by atoms with Gasteiger partial charge in [0.25, 0.3) is 0 Å². The molecular weight excluding hydrogens is 327 g/mol. The van der Waals surface area contributed by atoms with Gasteiger partial charge in [-0.1, -0.05) is 41.4 Å². The Hall–Kier alpha value is -1.75. The Labute approximate surface area is 135 Å². The van der Waals surface area contributed by atoms with Crippen LogP contribution in [0.25, 0.3) is 10.1 Å². The van der Waals surface area contributed by atoms with Crippen molar-refractivity contribution in [3.05, 3.63) is 58.6 Å². The Kier molecular flexibility index (Phi) is 4.01. The van der Waals surface area contributed by atoms with Crippen molar-refractivity contribution in [1.82, 2.24) is 0 Å². The molecule has 1 heterocycles. The van der Waals surface area contributed by atoms with Crippen LogP contribution in [0, 0.1) is 0 Å². The molecule has 6 heteroatoms. The Balaban J connectivity index is 1.77. The van der Waals surface area contributed by atoms with E-state index in [1.165, 1.54) is 11.3 Å². The minimum atomic E-state index is -0.342. The fourth-order valence-corrected chi connectivity index (χ4v) is 3.39. The number of amides is 2. The number of urea groups is 1. The summed E-state index contributed by atoms with van der Waals surface area (Å²) in [5.41, 5.74) is 0.661. The number of hydrogen-bond donors (Lipinski definition) is 2. The van der Waals surface area contributed by atoms with Gasteiger partial charge in [-0.15, -0.1) is 11.3 Å². The second-order valence-electron chi connectivity index (χ2n) is 4.33. The van der Waals surface area contributed by atoms with Crippen molar-refractivity contribution in [3.63, 3.8) is 0 Å². The van der Waals surface area contributed by atoms with E-state index in [0.717, 1.165) is 10.1 Å². The lowest BCUT2D eigenvalue weighted by molar-refractivity contribution is 0.262. The second kappa shape index (κ2) is 5.93. The Morgan fingerprint density at radius 1 is 0.952 bits per heavy atom. The number of carbonyl (C=O) groups excluding carboxylic acids is 1. The molecule has 1 aromatic heterocycles. The second-order valence-corrected chi connectivity index (χ2v) is 6.19. The third-order valence-corrected chi connectivity index (χ3v) is 4.71. The van der Waals surface area contributed by atoms with Crippen molar-refractivity contribution < 1.29 is 4.79 Å². The summed E-state index contributed by atoms with van der Waals surface area (Å²) < 4.78 is 1.03. The maximum atomic E-state index is 12.0. The molecule has 21 heavy (non-hydrogen) atoms. The SMILES string of the molecule is O=C(Nc1ccc(Cl)cc1)Nc1sc2ccccc2c1Cl. The van der Waals surface area contributed by atoms with Crippen LogP contribution >= 0.6 is 34.5 Å². The largest absolute Gasteiger partial charge is 0.324 e. The lowest BCUT2D eigenvalue weighted by Crippen LogP contribution is -2.18. The molecule has 0 saturated heterocycles. The molecule has 2 amide bonds. The number of nitrogens with one attached hydrogen (secondary N) is 2. The van der Waals surface area contributed by atoms with Gasteiger partial charge in [-0.25, -0.2) is 4.79 Å². The fraction of sp³-hybridized carbons (Fsp3) is 0. The van der Waals surface area contributed by atoms with Gasteiger partial charge in [0.1, 0.15) is 5.00 Å². The summed E-state index contributed by atoms with van der Waals surface area (Å²) in [5, 5.41) is 8.24. The van der Waals surface area contributed by atoms with Crippen LogP contribution in [0.1, 0.15) is 0 Å². The molecule has 0 spiro atoms. The van der Waals surface area contributed by atoms with E-state index >= 15 is 0 Å². The fourth-order valence-electron chi connectivity index (χ4n) is 1.89.